The highest BCUT2D eigenvalue weighted by molar-refractivity contribution is 9.10. The summed E-state index contributed by atoms with van der Waals surface area (Å²) in [6, 6.07) is 10.9. The molecule has 1 saturated heterocycles. The van der Waals surface area contributed by atoms with E-state index in [1.807, 2.05) is 19.1 Å². The number of halogens is 2. The predicted molar refractivity (Wildman–Crippen MR) is 120 cm³/mol. The van der Waals surface area contributed by atoms with E-state index in [-0.39, 0.29) is 36.7 Å². The molecule has 1 unspecified atom stereocenters. The van der Waals surface area contributed by atoms with Gasteiger partial charge >= 0.3 is 0 Å². The number of benzene rings is 2. The number of amides is 3. The van der Waals surface area contributed by atoms with Crippen LogP contribution in [0.15, 0.2) is 46.9 Å². The average Bonchev–Trinajstić information content (AvgIpc) is 2.75. The minimum absolute atomic E-state index is 0.0727. The lowest BCUT2D eigenvalue weighted by Crippen LogP contribution is -2.47. The molecule has 0 aromatic heterocycles. The lowest BCUT2D eigenvalue weighted by molar-refractivity contribution is -0.138. The standard InChI is InChI=1S/C23H25BrFN3O3/c1-15-12-18(24)7-10-20(15)26-21(29)14-27(2)22(30)17-4-3-11-28(13-17)23(31)16-5-8-19(25)9-6-16/h5-10,12,17H,3-4,11,13-14H2,1-2H3,(H,26,29). The number of nitrogens with one attached hydrogen (secondary N) is 1. The summed E-state index contributed by atoms with van der Waals surface area (Å²) in [6.07, 6.45) is 1.35. The van der Waals surface area contributed by atoms with Gasteiger partial charge in [0.1, 0.15) is 5.82 Å². The van der Waals surface area contributed by atoms with Crippen LogP contribution in [0.1, 0.15) is 28.8 Å². The molecule has 31 heavy (non-hydrogen) atoms. The van der Waals surface area contributed by atoms with Crippen molar-refractivity contribution in [2.45, 2.75) is 19.8 Å². The van der Waals surface area contributed by atoms with Gasteiger partial charge in [-0.25, -0.2) is 4.39 Å². The maximum Gasteiger partial charge on any atom is 0.253 e. The molecular formula is C23H25BrFN3O3. The molecule has 1 fully saturated rings. The van der Waals surface area contributed by atoms with Crippen molar-refractivity contribution in [2.24, 2.45) is 5.92 Å². The van der Waals surface area contributed by atoms with Crippen LogP contribution in [-0.4, -0.2) is 54.2 Å². The molecule has 1 heterocycles. The Bertz CT molecular complexity index is 981. The average molecular weight is 490 g/mol. The van der Waals surface area contributed by atoms with Gasteiger partial charge in [-0.05, 0) is 67.8 Å². The van der Waals surface area contributed by atoms with E-state index in [2.05, 4.69) is 21.2 Å². The van der Waals surface area contributed by atoms with Crippen molar-refractivity contribution in [3.8, 4) is 0 Å². The van der Waals surface area contributed by atoms with Crippen LogP contribution in [0.2, 0.25) is 0 Å². The molecule has 164 valence electrons. The van der Waals surface area contributed by atoms with Crippen molar-refractivity contribution < 1.29 is 18.8 Å². The van der Waals surface area contributed by atoms with Crippen LogP contribution >= 0.6 is 15.9 Å². The van der Waals surface area contributed by atoms with Gasteiger partial charge in [-0.3, -0.25) is 14.4 Å². The number of anilines is 1. The van der Waals surface area contributed by atoms with Gasteiger partial charge < -0.3 is 15.1 Å². The Balaban J connectivity index is 1.57. The summed E-state index contributed by atoms with van der Waals surface area (Å²) < 4.78 is 14.0. The summed E-state index contributed by atoms with van der Waals surface area (Å²) in [7, 11) is 1.59. The fourth-order valence-corrected chi connectivity index (χ4v) is 4.18. The van der Waals surface area contributed by atoms with Crippen LogP contribution in [0.5, 0.6) is 0 Å². The normalized spacial score (nSPS) is 16.0. The Kier molecular flexibility index (Phi) is 7.43. The topological polar surface area (TPSA) is 69.7 Å². The van der Waals surface area contributed by atoms with E-state index < -0.39 is 5.82 Å². The number of likely N-dealkylation sites (N-methyl/N-ethyl adjacent to an activating group) is 1. The third-order valence-electron chi connectivity index (χ3n) is 5.37. The summed E-state index contributed by atoms with van der Waals surface area (Å²) in [5.41, 5.74) is 2.01. The van der Waals surface area contributed by atoms with Crippen LogP contribution < -0.4 is 5.32 Å². The number of likely N-dealkylation sites (tertiary alicyclic amines) is 1. The number of rotatable bonds is 5. The number of carbonyl (C=O) groups excluding carboxylic acids is 3. The molecule has 0 bridgehead atoms. The van der Waals surface area contributed by atoms with E-state index in [0.717, 1.165) is 10.0 Å². The predicted octanol–water partition coefficient (Wildman–Crippen LogP) is 3.85. The van der Waals surface area contributed by atoms with Crippen LogP contribution in [0.4, 0.5) is 10.1 Å². The van der Waals surface area contributed by atoms with Gasteiger partial charge in [0.25, 0.3) is 5.91 Å². The van der Waals surface area contributed by atoms with Gasteiger partial charge in [0, 0.05) is 35.9 Å². The minimum atomic E-state index is -0.401. The van der Waals surface area contributed by atoms with Gasteiger partial charge in [-0.1, -0.05) is 15.9 Å². The van der Waals surface area contributed by atoms with Gasteiger partial charge in [0.15, 0.2) is 0 Å². The van der Waals surface area contributed by atoms with Gasteiger partial charge in [0.05, 0.1) is 12.5 Å². The van der Waals surface area contributed by atoms with Crippen molar-refractivity contribution in [2.75, 3.05) is 32.0 Å². The quantitative estimate of drug-likeness (QED) is 0.693. The first kappa shape index (κ1) is 22.9. The maximum absolute atomic E-state index is 13.1. The highest BCUT2D eigenvalue weighted by Gasteiger charge is 2.31. The first-order chi connectivity index (χ1) is 14.7. The van der Waals surface area contributed by atoms with E-state index in [0.29, 0.717) is 30.6 Å². The molecule has 0 aliphatic carbocycles. The molecule has 1 N–H and O–H groups in total. The fraction of sp³-hybridized carbons (Fsp3) is 0.348. The maximum atomic E-state index is 13.1. The number of aryl methyl sites for hydroxylation is 1. The molecule has 0 radical (unpaired) electrons. The van der Waals surface area contributed by atoms with Crippen LogP contribution in [0.3, 0.4) is 0 Å². The lowest BCUT2D eigenvalue weighted by atomic mass is 9.96. The van der Waals surface area contributed by atoms with E-state index in [4.69, 9.17) is 0 Å². The second-order valence-electron chi connectivity index (χ2n) is 7.80. The number of carbonyl (C=O) groups is 3. The molecule has 1 aliphatic rings. The zero-order chi connectivity index (χ0) is 22.5. The minimum Gasteiger partial charge on any atom is -0.338 e. The van der Waals surface area contributed by atoms with Crippen LogP contribution in [0.25, 0.3) is 0 Å². The largest absolute Gasteiger partial charge is 0.338 e. The second kappa shape index (κ2) is 10.0. The highest BCUT2D eigenvalue weighted by atomic mass is 79.9. The Hall–Kier alpha value is -2.74. The number of nitrogens with zero attached hydrogens (tertiary/aromatic N) is 2. The monoisotopic (exact) mass is 489 g/mol. The molecule has 1 aliphatic heterocycles. The van der Waals surface area contributed by atoms with Crippen molar-refractivity contribution >= 4 is 39.3 Å². The van der Waals surface area contributed by atoms with Gasteiger partial charge in [-0.2, -0.15) is 0 Å². The van der Waals surface area contributed by atoms with Crippen molar-refractivity contribution in [3.05, 3.63) is 63.9 Å². The Morgan fingerprint density at radius 3 is 2.58 bits per heavy atom. The van der Waals surface area contributed by atoms with Crippen molar-refractivity contribution in [1.29, 1.82) is 0 Å². The first-order valence-corrected chi connectivity index (χ1v) is 10.9. The molecule has 0 spiro atoms. The zero-order valence-electron chi connectivity index (χ0n) is 17.5. The van der Waals surface area contributed by atoms with Crippen LogP contribution in [0, 0.1) is 18.7 Å². The second-order valence-corrected chi connectivity index (χ2v) is 8.71. The molecule has 8 heteroatoms. The SMILES string of the molecule is Cc1cc(Br)ccc1NC(=O)CN(C)C(=O)C1CCCN(C(=O)c2ccc(F)cc2)C1. The molecule has 1 atom stereocenters. The fourth-order valence-electron chi connectivity index (χ4n) is 3.70. The summed E-state index contributed by atoms with van der Waals surface area (Å²) in [5, 5.41) is 2.83. The molecule has 3 amide bonds. The number of piperidine rings is 1. The Labute approximate surface area is 189 Å². The van der Waals surface area contributed by atoms with Gasteiger partial charge in [0.2, 0.25) is 11.8 Å². The van der Waals surface area contributed by atoms with Crippen molar-refractivity contribution in [1.82, 2.24) is 9.80 Å². The highest BCUT2D eigenvalue weighted by Crippen LogP contribution is 2.22. The van der Waals surface area contributed by atoms with Gasteiger partial charge in [-0.15, -0.1) is 0 Å². The zero-order valence-corrected chi connectivity index (χ0v) is 19.1. The Morgan fingerprint density at radius 1 is 1.19 bits per heavy atom. The molecule has 3 rings (SSSR count). The van der Waals surface area contributed by atoms with E-state index in [9.17, 15) is 18.8 Å². The summed E-state index contributed by atoms with van der Waals surface area (Å²) in [5.74, 6) is -1.44. The third-order valence-corrected chi connectivity index (χ3v) is 5.86. The lowest BCUT2D eigenvalue weighted by Gasteiger charge is -2.34. The number of hydrogen-bond donors (Lipinski definition) is 1. The van der Waals surface area contributed by atoms with E-state index in [1.165, 1.54) is 29.2 Å². The molecular weight excluding hydrogens is 465 g/mol. The smallest absolute Gasteiger partial charge is 0.253 e. The summed E-state index contributed by atoms with van der Waals surface area (Å²) in [6.45, 7) is 2.65. The van der Waals surface area contributed by atoms with E-state index in [1.54, 1.807) is 18.0 Å². The summed E-state index contributed by atoms with van der Waals surface area (Å²) in [4.78, 5) is 41.0. The molecule has 0 saturated carbocycles. The molecule has 2 aromatic rings. The van der Waals surface area contributed by atoms with Crippen molar-refractivity contribution in [3.63, 3.8) is 0 Å². The Morgan fingerprint density at radius 2 is 1.90 bits per heavy atom. The number of hydrogen-bond acceptors (Lipinski definition) is 3. The summed E-state index contributed by atoms with van der Waals surface area (Å²) >= 11 is 3.39. The first-order valence-electron chi connectivity index (χ1n) is 10.1. The molecule has 6 nitrogen and oxygen atoms in total. The molecule has 2 aromatic carbocycles. The third kappa shape index (κ3) is 5.91. The van der Waals surface area contributed by atoms with Crippen LogP contribution in [-0.2, 0) is 9.59 Å². The van der Waals surface area contributed by atoms with E-state index >= 15 is 0 Å².